The van der Waals surface area contributed by atoms with Gasteiger partial charge in [0.05, 0.1) is 10.8 Å². The van der Waals surface area contributed by atoms with Crippen molar-refractivity contribution in [2.75, 3.05) is 0 Å². The van der Waals surface area contributed by atoms with Gasteiger partial charge in [-0.15, -0.1) is 0 Å². The molecular formula is C26H16N2O2. The van der Waals surface area contributed by atoms with E-state index in [0.717, 1.165) is 36.6 Å². The maximum absolute atomic E-state index is 13.5. The van der Waals surface area contributed by atoms with Crippen molar-refractivity contribution < 1.29 is 9.46 Å². The Balaban J connectivity index is 1.93. The first-order valence-electron chi connectivity index (χ1n) is 9.81. The summed E-state index contributed by atoms with van der Waals surface area (Å²) in [5.41, 5.74) is 3.68. The van der Waals surface area contributed by atoms with E-state index in [1.165, 1.54) is 0 Å². The lowest BCUT2D eigenvalue weighted by molar-refractivity contribution is -0.551. The Kier molecular flexibility index (Phi) is 3.44. The topological polar surface area (TPSA) is 53.9 Å². The summed E-state index contributed by atoms with van der Waals surface area (Å²) in [5, 5.41) is 30.4. The number of hydrogen-bond donors (Lipinski definition) is 0. The van der Waals surface area contributed by atoms with Gasteiger partial charge in [-0.2, -0.15) is 9.46 Å². The summed E-state index contributed by atoms with van der Waals surface area (Å²) >= 11 is 0. The number of pyridine rings is 2. The van der Waals surface area contributed by atoms with Crippen LogP contribution in [0.4, 0.5) is 0 Å². The van der Waals surface area contributed by atoms with Crippen LogP contribution in [0.3, 0.4) is 0 Å². The summed E-state index contributed by atoms with van der Waals surface area (Å²) in [6.07, 6.45) is 0. The van der Waals surface area contributed by atoms with Crippen LogP contribution in [-0.2, 0) is 0 Å². The second-order valence-electron chi connectivity index (χ2n) is 7.49. The Morgan fingerprint density at radius 3 is 1.43 bits per heavy atom. The predicted molar refractivity (Wildman–Crippen MR) is 120 cm³/mol. The van der Waals surface area contributed by atoms with Crippen molar-refractivity contribution in [3.8, 4) is 11.1 Å². The minimum absolute atomic E-state index is 0.507. The Morgan fingerprint density at radius 1 is 0.467 bits per heavy atom. The van der Waals surface area contributed by atoms with Gasteiger partial charge >= 0.3 is 0 Å². The molecule has 0 atom stereocenters. The number of hydrogen-bond acceptors (Lipinski definition) is 2. The van der Waals surface area contributed by atoms with Crippen molar-refractivity contribution in [3.63, 3.8) is 0 Å². The predicted octanol–water partition coefficient (Wildman–Crippen LogP) is 5.23. The molecule has 6 rings (SSSR count). The Morgan fingerprint density at radius 2 is 0.900 bits per heavy atom. The zero-order chi connectivity index (χ0) is 20.2. The van der Waals surface area contributed by atoms with Gasteiger partial charge in [-0.25, -0.2) is 0 Å². The van der Waals surface area contributed by atoms with Gasteiger partial charge in [-0.3, -0.25) is 0 Å². The lowest BCUT2D eigenvalue weighted by Gasteiger charge is -2.14. The maximum atomic E-state index is 13.5. The second-order valence-corrected chi connectivity index (χ2v) is 7.49. The second kappa shape index (κ2) is 6.16. The Labute approximate surface area is 172 Å². The van der Waals surface area contributed by atoms with E-state index in [1.54, 1.807) is 0 Å². The van der Waals surface area contributed by atoms with E-state index in [0.29, 0.717) is 27.6 Å². The molecule has 0 N–H and O–H groups in total. The van der Waals surface area contributed by atoms with Crippen LogP contribution in [0, 0.1) is 10.4 Å². The fourth-order valence-corrected chi connectivity index (χ4v) is 4.41. The normalized spacial score (nSPS) is 11.6. The molecule has 0 fully saturated rings. The van der Waals surface area contributed by atoms with Crippen LogP contribution in [0.5, 0.6) is 0 Å². The highest BCUT2D eigenvalue weighted by molar-refractivity contribution is 6.10. The van der Waals surface area contributed by atoms with Gasteiger partial charge in [0.25, 0.3) is 0 Å². The molecule has 2 aromatic heterocycles. The summed E-state index contributed by atoms with van der Waals surface area (Å²) in [4.78, 5) is 0. The minimum Gasteiger partial charge on any atom is -0.618 e. The van der Waals surface area contributed by atoms with Gasteiger partial charge in [-0.1, -0.05) is 54.6 Å². The number of aromatic nitrogens is 2. The molecule has 0 aliphatic carbocycles. The Hall–Kier alpha value is -4.18. The molecule has 0 aliphatic rings. The van der Waals surface area contributed by atoms with Gasteiger partial charge in [0, 0.05) is 22.9 Å². The molecule has 2 heterocycles. The van der Waals surface area contributed by atoms with Crippen LogP contribution in [0.2, 0.25) is 0 Å². The summed E-state index contributed by atoms with van der Waals surface area (Å²) < 4.78 is 1.92. The first-order chi connectivity index (χ1) is 14.7. The quantitative estimate of drug-likeness (QED) is 0.220. The minimum atomic E-state index is 0.507. The summed E-state index contributed by atoms with van der Waals surface area (Å²) in [6, 6.07) is 30.7. The molecule has 0 saturated heterocycles. The molecule has 4 aromatic carbocycles. The van der Waals surface area contributed by atoms with E-state index in [-0.39, 0.29) is 0 Å². The molecule has 4 heteroatoms. The number of benzene rings is 4. The van der Waals surface area contributed by atoms with E-state index in [4.69, 9.17) is 0 Å². The first-order valence-corrected chi connectivity index (χ1v) is 9.81. The van der Waals surface area contributed by atoms with Crippen LogP contribution in [0.25, 0.3) is 54.7 Å². The fraction of sp³-hybridized carbons (Fsp3) is 0. The van der Waals surface area contributed by atoms with Crippen molar-refractivity contribution in [1.29, 1.82) is 0 Å². The third-order valence-electron chi connectivity index (χ3n) is 5.73. The zero-order valence-corrected chi connectivity index (χ0v) is 15.9. The number of fused-ring (bicyclic) bond motifs is 4. The first kappa shape index (κ1) is 16.7. The summed E-state index contributed by atoms with van der Waals surface area (Å²) in [5.74, 6) is 0. The highest BCUT2D eigenvalue weighted by Gasteiger charge is 2.25. The van der Waals surface area contributed by atoms with Gasteiger partial charge in [0.1, 0.15) is 5.56 Å². The van der Waals surface area contributed by atoms with Crippen LogP contribution >= 0.6 is 0 Å². The number of nitrogens with zero attached hydrogens (tertiary/aromatic N) is 2. The SMILES string of the molecule is [O-][n+]1c2ccccc2cc2cc3cc4ccccc4[n+]([O-])c3c(-c3ccccc3)c21. The molecule has 0 saturated carbocycles. The monoisotopic (exact) mass is 388 g/mol. The van der Waals surface area contributed by atoms with E-state index in [1.807, 2.05) is 97.1 Å². The maximum Gasteiger partial charge on any atom is 0.239 e. The summed E-state index contributed by atoms with van der Waals surface area (Å²) in [6.45, 7) is 0. The number of para-hydroxylation sites is 2. The molecule has 30 heavy (non-hydrogen) atoms. The van der Waals surface area contributed by atoms with Crippen LogP contribution in [-0.4, -0.2) is 0 Å². The van der Waals surface area contributed by atoms with Crippen LogP contribution in [0.15, 0.2) is 97.1 Å². The zero-order valence-electron chi connectivity index (χ0n) is 15.9. The number of rotatable bonds is 1. The van der Waals surface area contributed by atoms with Crippen LogP contribution in [0.1, 0.15) is 0 Å². The van der Waals surface area contributed by atoms with E-state index < -0.39 is 0 Å². The Bertz CT molecular complexity index is 1510. The van der Waals surface area contributed by atoms with Gasteiger partial charge in [0.2, 0.25) is 22.1 Å². The lowest BCUT2D eigenvalue weighted by Crippen LogP contribution is -2.32. The van der Waals surface area contributed by atoms with Crippen molar-refractivity contribution in [2.45, 2.75) is 0 Å². The highest BCUT2D eigenvalue weighted by Crippen LogP contribution is 2.35. The molecule has 0 radical (unpaired) electrons. The molecule has 6 aromatic rings. The third kappa shape index (κ3) is 2.28. The van der Waals surface area contributed by atoms with Gasteiger partial charge < -0.3 is 10.4 Å². The molecule has 0 amide bonds. The average molecular weight is 388 g/mol. The molecule has 142 valence electrons. The molecule has 0 bridgehead atoms. The standard InChI is InChI=1S/C26H16N2O2/c29-27-22-12-6-4-10-18(22)14-20-16-21-15-19-11-5-7-13-23(19)28(30)26(21)24(25(20)27)17-8-2-1-3-9-17/h1-16H. The smallest absolute Gasteiger partial charge is 0.239 e. The van der Waals surface area contributed by atoms with Crippen molar-refractivity contribution in [3.05, 3.63) is 107 Å². The van der Waals surface area contributed by atoms with E-state index in [9.17, 15) is 10.4 Å². The van der Waals surface area contributed by atoms with Gasteiger partial charge in [0.15, 0.2) is 0 Å². The van der Waals surface area contributed by atoms with Crippen molar-refractivity contribution in [2.24, 2.45) is 0 Å². The molecule has 0 aliphatic heterocycles. The molecular weight excluding hydrogens is 372 g/mol. The van der Waals surface area contributed by atoms with Crippen molar-refractivity contribution in [1.82, 2.24) is 0 Å². The highest BCUT2D eigenvalue weighted by atomic mass is 16.5. The molecule has 0 spiro atoms. The molecule has 4 nitrogen and oxygen atoms in total. The largest absolute Gasteiger partial charge is 0.618 e. The fourth-order valence-electron chi connectivity index (χ4n) is 4.41. The van der Waals surface area contributed by atoms with Crippen LogP contribution < -0.4 is 9.46 Å². The average Bonchev–Trinajstić information content (AvgIpc) is 2.79. The lowest BCUT2D eigenvalue weighted by atomic mass is 9.96. The van der Waals surface area contributed by atoms with Crippen molar-refractivity contribution >= 4 is 43.6 Å². The molecule has 0 unspecified atom stereocenters. The van der Waals surface area contributed by atoms with Gasteiger partial charge in [-0.05, 0) is 35.9 Å². The summed E-state index contributed by atoms with van der Waals surface area (Å²) in [7, 11) is 0. The van der Waals surface area contributed by atoms with E-state index >= 15 is 0 Å². The van der Waals surface area contributed by atoms with E-state index in [2.05, 4.69) is 0 Å². The third-order valence-corrected chi connectivity index (χ3v) is 5.73.